The molecule has 0 aliphatic rings. The molecule has 5 nitrogen and oxygen atoms in total. The fourth-order valence-electron chi connectivity index (χ4n) is 2.39. The highest BCUT2D eigenvalue weighted by molar-refractivity contribution is 6.36. The molecule has 0 saturated heterocycles. The molecule has 0 aliphatic carbocycles. The molecule has 0 bridgehead atoms. The molecule has 0 fully saturated rings. The second-order valence-electron chi connectivity index (χ2n) is 7.46. The number of hydrogen-bond acceptors (Lipinski definition) is 3. The summed E-state index contributed by atoms with van der Waals surface area (Å²) in [6.45, 7) is 7.99. The van der Waals surface area contributed by atoms with Crippen LogP contribution in [0.25, 0.3) is 0 Å². The molecular weight excluding hydrogens is 397 g/mol. The molecule has 2 rings (SSSR count). The van der Waals surface area contributed by atoms with Gasteiger partial charge in [0.05, 0.1) is 17.1 Å². The zero-order chi connectivity index (χ0) is 20.9. The molecule has 148 valence electrons. The Bertz CT molecular complexity index is 901. The first-order valence-electron chi connectivity index (χ1n) is 8.75. The number of benzene rings is 2. The van der Waals surface area contributed by atoms with Crippen LogP contribution in [-0.2, 0) is 10.2 Å². The highest BCUT2D eigenvalue weighted by Crippen LogP contribution is 2.25. The quantitative estimate of drug-likeness (QED) is 0.501. The molecule has 0 atom stereocenters. The van der Waals surface area contributed by atoms with Gasteiger partial charge < -0.3 is 5.32 Å². The van der Waals surface area contributed by atoms with Crippen molar-refractivity contribution in [2.75, 3.05) is 5.32 Å². The summed E-state index contributed by atoms with van der Waals surface area (Å²) in [5.41, 5.74) is 5.06. The predicted molar refractivity (Wildman–Crippen MR) is 115 cm³/mol. The van der Waals surface area contributed by atoms with Gasteiger partial charge >= 0.3 is 0 Å². The molecule has 0 saturated carbocycles. The minimum atomic E-state index is -0.332. The second kappa shape index (κ2) is 9.22. The van der Waals surface area contributed by atoms with Crippen molar-refractivity contribution in [3.8, 4) is 0 Å². The van der Waals surface area contributed by atoms with Crippen LogP contribution >= 0.6 is 23.2 Å². The third-order valence-electron chi connectivity index (χ3n) is 3.98. The maximum absolute atomic E-state index is 12.2. The highest BCUT2D eigenvalue weighted by Gasteiger charge is 2.14. The zero-order valence-electron chi connectivity index (χ0n) is 16.3. The maximum atomic E-state index is 12.2. The Morgan fingerprint density at radius 2 is 1.68 bits per heavy atom. The molecule has 0 aromatic heterocycles. The summed E-state index contributed by atoms with van der Waals surface area (Å²) in [4.78, 5) is 24.3. The maximum Gasteiger partial charge on any atom is 0.271 e. The van der Waals surface area contributed by atoms with Crippen LogP contribution in [0.3, 0.4) is 0 Å². The first kappa shape index (κ1) is 21.9. The van der Waals surface area contributed by atoms with E-state index in [-0.39, 0.29) is 23.7 Å². The molecule has 2 amide bonds. The smallest absolute Gasteiger partial charge is 0.271 e. The summed E-state index contributed by atoms with van der Waals surface area (Å²) in [7, 11) is 0. The lowest BCUT2D eigenvalue weighted by Crippen LogP contribution is -2.21. The van der Waals surface area contributed by atoms with Crippen LogP contribution < -0.4 is 10.7 Å². The monoisotopic (exact) mass is 419 g/mol. The minimum Gasteiger partial charge on any atom is -0.324 e. The van der Waals surface area contributed by atoms with Gasteiger partial charge in [-0.1, -0.05) is 56.1 Å². The number of rotatable bonds is 5. The Morgan fingerprint density at radius 3 is 2.25 bits per heavy atom. The normalized spacial score (nSPS) is 11.9. The lowest BCUT2D eigenvalue weighted by atomic mass is 9.87. The first-order chi connectivity index (χ1) is 13.1. The van der Waals surface area contributed by atoms with E-state index in [1.165, 1.54) is 0 Å². The highest BCUT2D eigenvalue weighted by atomic mass is 35.5. The average molecular weight is 420 g/mol. The average Bonchev–Trinajstić information content (AvgIpc) is 2.61. The third kappa shape index (κ3) is 6.36. The van der Waals surface area contributed by atoms with Gasteiger partial charge in [0.25, 0.3) is 5.91 Å². The predicted octanol–water partition coefficient (Wildman–Crippen LogP) is 5.43. The van der Waals surface area contributed by atoms with Gasteiger partial charge in [0.15, 0.2) is 0 Å². The minimum absolute atomic E-state index is 0.0161. The topological polar surface area (TPSA) is 70.6 Å². The number of hydrogen-bond donors (Lipinski definition) is 2. The summed E-state index contributed by atoms with van der Waals surface area (Å²) in [5, 5.41) is 7.51. The van der Waals surface area contributed by atoms with Crippen molar-refractivity contribution >= 4 is 46.4 Å². The summed E-state index contributed by atoms with van der Waals surface area (Å²) in [6, 6.07) is 12.2. The van der Waals surface area contributed by atoms with E-state index in [9.17, 15) is 9.59 Å². The lowest BCUT2D eigenvalue weighted by molar-refractivity contribution is -0.115. The van der Waals surface area contributed by atoms with Crippen molar-refractivity contribution in [2.45, 2.75) is 39.5 Å². The molecule has 0 heterocycles. The van der Waals surface area contributed by atoms with Crippen molar-refractivity contribution < 1.29 is 9.59 Å². The fraction of sp³-hybridized carbons (Fsp3) is 0.286. The number of carbonyl (C=O) groups excluding carboxylic acids is 2. The largest absolute Gasteiger partial charge is 0.324 e. The van der Waals surface area contributed by atoms with Crippen molar-refractivity contribution in [1.29, 1.82) is 0 Å². The van der Waals surface area contributed by atoms with E-state index in [0.717, 1.165) is 5.56 Å². The molecule has 2 N–H and O–H groups in total. The number of nitrogens with zero attached hydrogens (tertiary/aromatic N) is 1. The van der Waals surface area contributed by atoms with Crippen LogP contribution in [0, 0.1) is 0 Å². The van der Waals surface area contributed by atoms with Gasteiger partial charge in [-0.05, 0) is 48.2 Å². The molecule has 0 aliphatic heterocycles. The standard InChI is InChI=1S/C21H23Cl2N3O2/c1-13(11-19(27)24-18-10-9-16(22)12-17(18)23)25-26-20(28)14-5-7-15(8-6-14)21(2,3)4/h5-10,12H,11H2,1-4H3,(H,24,27)(H,26,28). The van der Waals surface area contributed by atoms with Crippen LogP contribution in [0.15, 0.2) is 47.6 Å². The lowest BCUT2D eigenvalue weighted by Gasteiger charge is -2.18. The Labute approximate surface area is 175 Å². The molecule has 0 unspecified atom stereocenters. The number of hydrazone groups is 1. The van der Waals surface area contributed by atoms with Gasteiger partial charge in [0, 0.05) is 16.3 Å². The van der Waals surface area contributed by atoms with Crippen LogP contribution in [-0.4, -0.2) is 17.5 Å². The number of nitrogens with one attached hydrogen (secondary N) is 2. The van der Waals surface area contributed by atoms with Crippen molar-refractivity contribution in [2.24, 2.45) is 5.10 Å². The van der Waals surface area contributed by atoms with Crippen molar-refractivity contribution in [3.05, 3.63) is 63.6 Å². The van der Waals surface area contributed by atoms with Gasteiger partial charge in [0.1, 0.15) is 0 Å². The van der Waals surface area contributed by atoms with Gasteiger partial charge in [-0.15, -0.1) is 0 Å². The molecule has 2 aromatic carbocycles. The molecular formula is C21H23Cl2N3O2. The molecule has 2 aromatic rings. The van der Waals surface area contributed by atoms with Gasteiger partial charge in [0.2, 0.25) is 5.91 Å². The summed E-state index contributed by atoms with van der Waals surface area (Å²) in [5.74, 6) is -0.629. The third-order valence-corrected chi connectivity index (χ3v) is 4.53. The number of anilines is 1. The van der Waals surface area contributed by atoms with Gasteiger partial charge in [-0.3, -0.25) is 9.59 Å². The van der Waals surface area contributed by atoms with Gasteiger partial charge in [-0.2, -0.15) is 5.10 Å². The molecule has 0 radical (unpaired) electrons. The van der Waals surface area contributed by atoms with E-state index in [4.69, 9.17) is 23.2 Å². The van der Waals surface area contributed by atoms with E-state index < -0.39 is 0 Å². The van der Waals surface area contributed by atoms with E-state index >= 15 is 0 Å². The van der Waals surface area contributed by atoms with Crippen LogP contribution in [0.1, 0.15) is 50.0 Å². The zero-order valence-corrected chi connectivity index (χ0v) is 17.8. The van der Waals surface area contributed by atoms with Gasteiger partial charge in [-0.25, -0.2) is 5.43 Å². The summed E-state index contributed by atoms with van der Waals surface area (Å²) < 4.78 is 0. The Morgan fingerprint density at radius 1 is 1.04 bits per heavy atom. The molecule has 28 heavy (non-hydrogen) atoms. The van der Waals surface area contributed by atoms with Crippen LogP contribution in [0.5, 0.6) is 0 Å². The summed E-state index contributed by atoms with van der Waals surface area (Å²) >= 11 is 11.9. The summed E-state index contributed by atoms with van der Waals surface area (Å²) in [6.07, 6.45) is 0.0161. The molecule has 7 heteroatoms. The van der Waals surface area contributed by atoms with Crippen LogP contribution in [0.2, 0.25) is 10.0 Å². The SMILES string of the molecule is CC(CC(=O)Nc1ccc(Cl)cc1Cl)=NNC(=O)c1ccc(C(C)(C)C)cc1. The number of carbonyl (C=O) groups is 2. The Balaban J connectivity index is 1.92. The van der Waals surface area contributed by atoms with E-state index in [1.54, 1.807) is 37.3 Å². The second-order valence-corrected chi connectivity index (χ2v) is 8.31. The van der Waals surface area contributed by atoms with Crippen molar-refractivity contribution in [3.63, 3.8) is 0 Å². The first-order valence-corrected chi connectivity index (χ1v) is 9.51. The number of halogens is 2. The number of amides is 2. The van der Waals surface area contributed by atoms with Crippen molar-refractivity contribution in [1.82, 2.24) is 5.43 Å². The molecule has 0 spiro atoms. The van der Waals surface area contributed by atoms with E-state index in [2.05, 4.69) is 36.6 Å². The Hall–Kier alpha value is -2.37. The van der Waals surface area contributed by atoms with E-state index in [1.807, 2.05) is 12.1 Å². The Kier molecular flexibility index (Phi) is 7.22. The fourth-order valence-corrected chi connectivity index (χ4v) is 2.85. The van der Waals surface area contributed by atoms with E-state index in [0.29, 0.717) is 27.0 Å². The van der Waals surface area contributed by atoms with Crippen LogP contribution in [0.4, 0.5) is 5.69 Å².